The van der Waals surface area contributed by atoms with Gasteiger partial charge in [-0.25, -0.2) is 4.79 Å². The van der Waals surface area contributed by atoms with Gasteiger partial charge in [-0.3, -0.25) is 4.79 Å². The van der Waals surface area contributed by atoms with Gasteiger partial charge < -0.3 is 14.4 Å². The van der Waals surface area contributed by atoms with Gasteiger partial charge in [0.15, 0.2) is 6.10 Å². The van der Waals surface area contributed by atoms with E-state index in [0.717, 1.165) is 11.3 Å². The molecule has 1 aromatic rings. The molecular weight excluding hydrogens is 258 g/mol. The molecule has 0 saturated carbocycles. The molecule has 5 heteroatoms. The van der Waals surface area contributed by atoms with Gasteiger partial charge in [0, 0.05) is 19.7 Å². The summed E-state index contributed by atoms with van der Waals surface area (Å²) in [6.45, 7) is 1.71. The molecule has 0 fully saturated rings. The van der Waals surface area contributed by atoms with Crippen LogP contribution in [0.15, 0.2) is 29.8 Å². The zero-order valence-electron chi connectivity index (χ0n) is 11.8. The van der Waals surface area contributed by atoms with Crippen molar-refractivity contribution in [3.63, 3.8) is 0 Å². The number of hydrogen-bond donors (Lipinski definition) is 0. The predicted octanol–water partition coefficient (Wildman–Crippen LogP) is 1.48. The van der Waals surface area contributed by atoms with Gasteiger partial charge in [0.25, 0.3) is 5.91 Å². The third-order valence-electron chi connectivity index (χ3n) is 2.97. The maximum atomic E-state index is 12.0. The number of nitrogens with zero attached hydrogens (tertiary/aromatic N) is 1. The summed E-state index contributed by atoms with van der Waals surface area (Å²) in [5.74, 6) is -0.0419. The van der Waals surface area contributed by atoms with E-state index < -0.39 is 12.1 Å². The van der Waals surface area contributed by atoms with Crippen molar-refractivity contribution in [2.75, 3.05) is 20.7 Å². The van der Waals surface area contributed by atoms with Crippen molar-refractivity contribution in [3.8, 4) is 5.75 Å². The Balaban J connectivity index is 2.08. The van der Waals surface area contributed by atoms with E-state index in [1.54, 1.807) is 27.1 Å². The number of benzene rings is 1. The Labute approximate surface area is 117 Å². The summed E-state index contributed by atoms with van der Waals surface area (Å²) in [4.78, 5) is 25.0. The lowest BCUT2D eigenvalue weighted by atomic mass is 10.1. The minimum Gasteiger partial charge on any atom is -0.488 e. The predicted molar refractivity (Wildman–Crippen MR) is 74.2 cm³/mol. The minimum atomic E-state index is -0.810. The highest BCUT2D eigenvalue weighted by atomic mass is 16.6. The van der Waals surface area contributed by atoms with E-state index in [-0.39, 0.29) is 12.5 Å². The van der Waals surface area contributed by atoms with Gasteiger partial charge in [-0.1, -0.05) is 18.2 Å². The Hall–Kier alpha value is -2.30. The second-order valence-electron chi connectivity index (χ2n) is 4.78. The van der Waals surface area contributed by atoms with Crippen molar-refractivity contribution >= 4 is 18.0 Å². The Morgan fingerprint density at radius 1 is 1.30 bits per heavy atom. The second kappa shape index (κ2) is 5.77. The van der Waals surface area contributed by atoms with Crippen LogP contribution in [0, 0.1) is 0 Å². The Kier molecular flexibility index (Phi) is 4.08. The molecule has 1 unspecified atom stereocenters. The number of esters is 1. The van der Waals surface area contributed by atoms with Crippen LogP contribution in [0.4, 0.5) is 0 Å². The Morgan fingerprint density at radius 3 is 2.70 bits per heavy atom. The summed E-state index contributed by atoms with van der Waals surface area (Å²) >= 11 is 0. The first kappa shape index (κ1) is 14.1. The van der Waals surface area contributed by atoms with E-state index in [0.29, 0.717) is 5.57 Å². The van der Waals surface area contributed by atoms with Gasteiger partial charge in [0.2, 0.25) is 0 Å². The van der Waals surface area contributed by atoms with Gasteiger partial charge in [-0.2, -0.15) is 0 Å². The maximum absolute atomic E-state index is 12.0. The fourth-order valence-corrected chi connectivity index (χ4v) is 1.88. The number of hydrogen-bond acceptors (Lipinski definition) is 4. The smallest absolute Gasteiger partial charge is 0.338 e. The molecule has 5 nitrogen and oxygen atoms in total. The number of para-hydroxylation sites is 1. The molecule has 1 aliphatic heterocycles. The van der Waals surface area contributed by atoms with Gasteiger partial charge in [0.05, 0.1) is 5.57 Å². The summed E-state index contributed by atoms with van der Waals surface area (Å²) in [5, 5.41) is 0. The largest absolute Gasteiger partial charge is 0.488 e. The lowest BCUT2D eigenvalue weighted by molar-refractivity contribution is -0.154. The third kappa shape index (κ3) is 2.99. The topological polar surface area (TPSA) is 55.8 Å². The molecule has 1 atom stereocenters. The molecule has 1 aromatic carbocycles. The van der Waals surface area contributed by atoms with Crippen LogP contribution < -0.4 is 4.74 Å². The van der Waals surface area contributed by atoms with Crippen molar-refractivity contribution in [2.45, 2.75) is 13.0 Å². The minimum absolute atomic E-state index is 0.152. The van der Waals surface area contributed by atoms with Crippen molar-refractivity contribution in [1.82, 2.24) is 4.90 Å². The van der Waals surface area contributed by atoms with Gasteiger partial charge in [0.1, 0.15) is 12.4 Å². The van der Waals surface area contributed by atoms with Crippen LogP contribution in [-0.2, 0) is 14.3 Å². The van der Waals surface area contributed by atoms with E-state index in [4.69, 9.17) is 9.47 Å². The lowest BCUT2D eigenvalue weighted by Gasteiger charge is -2.20. The molecule has 0 saturated heterocycles. The molecule has 0 N–H and O–H groups in total. The molecule has 0 aliphatic carbocycles. The second-order valence-corrected chi connectivity index (χ2v) is 4.78. The van der Waals surface area contributed by atoms with Crippen LogP contribution >= 0.6 is 0 Å². The molecular formula is C15H17NO4. The van der Waals surface area contributed by atoms with Crippen LogP contribution in [0.25, 0.3) is 6.08 Å². The Morgan fingerprint density at radius 2 is 2.00 bits per heavy atom. The number of ether oxygens (including phenoxy) is 2. The van der Waals surface area contributed by atoms with E-state index in [9.17, 15) is 9.59 Å². The molecule has 1 amide bonds. The van der Waals surface area contributed by atoms with Crippen molar-refractivity contribution < 1.29 is 19.1 Å². The summed E-state index contributed by atoms with van der Waals surface area (Å²) in [6.07, 6.45) is 0.921. The molecule has 0 spiro atoms. The van der Waals surface area contributed by atoms with E-state index in [2.05, 4.69) is 0 Å². The van der Waals surface area contributed by atoms with E-state index in [1.807, 2.05) is 24.3 Å². The number of rotatable bonds is 3. The summed E-state index contributed by atoms with van der Waals surface area (Å²) < 4.78 is 10.6. The van der Waals surface area contributed by atoms with Crippen molar-refractivity contribution in [2.24, 2.45) is 0 Å². The first-order valence-corrected chi connectivity index (χ1v) is 6.33. The molecule has 106 valence electrons. The highest BCUT2D eigenvalue weighted by molar-refractivity contribution is 5.96. The molecule has 2 rings (SSSR count). The molecule has 20 heavy (non-hydrogen) atoms. The molecule has 1 aliphatic rings. The Bertz CT molecular complexity index is 563. The number of fused-ring (bicyclic) bond motifs is 1. The van der Waals surface area contributed by atoms with Crippen LogP contribution in [0.5, 0.6) is 5.75 Å². The first-order chi connectivity index (χ1) is 9.49. The SMILES string of the molecule is CC(OC(=O)C1=Cc2ccccc2OC1)C(=O)N(C)C. The number of carbonyl (C=O) groups is 2. The average molecular weight is 275 g/mol. The van der Waals surface area contributed by atoms with Crippen molar-refractivity contribution in [3.05, 3.63) is 35.4 Å². The highest BCUT2D eigenvalue weighted by Crippen LogP contribution is 2.26. The number of amides is 1. The van der Waals surface area contributed by atoms with Gasteiger partial charge in [-0.15, -0.1) is 0 Å². The first-order valence-electron chi connectivity index (χ1n) is 6.33. The zero-order valence-corrected chi connectivity index (χ0v) is 11.8. The fourth-order valence-electron chi connectivity index (χ4n) is 1.88. The summed E-state index contributed by atoms with van der Waals surface area (Å²) in [5.41, 5.74) is 1.24. The number of likely N-dealkylation sites (N-methyl/N-ethyl adjacent to an activating group) is 1. The molecule has 1 heterocycles. The quantitative estimate of drug-likeness (QED) is 0.784. The van der Waals surface area contributed by atoms with Gasteiger partial charge >= 0.3 is 5.97 Å². The highest BCUT2D eigenvalue weighted by Gasteiger charge is 2.23. The van der Waals surface area contributed by atoms with Crippen LogP contribution in [0.2, 0.25) is 0 Å². The third-order valence-corrected chi connectivity index (χ3v) is 2.97. The van der Waals surface area contributed by atoms with Crippen LogP contribution in [-0.4, -0.2) is 43.6 Å². The monoisotopic (exact) mass is 275 g/mol. The summed E-state index contributed by atoms with van der Waals surface area (Å²) in [6, 6.07) is 7.43. The number of carbonyl (C=O) groups excluding carboxylic acids is 2. The van der Waals surface area contributed by atoms with Gasteiger partial charge in [-0.05, 0) is 19.1 Å². The maximum Gasteiger partial charge on any atom is 0.338 e. The zero-order chi connectivity index (χ0) is 14.7. The lowest BCUT2D eigenvalue weighted by Crippen LogP contribution is -2.35. The standard InChI is InChI=1S/C15H17NO4/c1-10(14(17)16(2)3)20-15(18)12-8-11-6-4-5-7-13(11)19-9-12/h4-8,10H,9H2,1-3H3. The molecule has 0 aromatic heterocycles. The van der Waals surface area contributed by atoms with E-state index >= 15 is 0 Å². The summed E-state index contributed by atoms with van der Waals surface area (Å²) in [7, 11) is 3.23. The normalized spacial score (nSPS) is 14.4. The van der Waals surface area contributed by atoms with Crippen LogP contribution in [0.1, 0.15) is 12.5 Å². The fraction of sp³-hybridized carbons (Fsp3) is 0.333. The van der Waals surface area contributed by atoms with Crippen LogP contribution in [0.3, 0.4) is 0 Å². The molecule has 0 bridgehead atoms. The van der Waals surface area contributed by atoms with Crippen molar-refractivity contribution in [1.29, 1.82) is 0 Å². The van der Waals surface area contributed by atoms with E-state index in [1.165, 1.54) is 4.90 Å². The molecule has 0 radical (unpaired) electrons. The average Bonchev–Trinajstić information content (AvgIpc) is 2.45.